The van der Waals surface area contributed by atoms with Crippen LogP contribution in [0.4, 0.5) is 17.6 Å². The molecule has 1 aromatic rings. The number of hydrogen-bond donors (Lipinski definition) is 13. The second-order valence-corrected chi connectivity index (χ2v) is 18.1. The predicted octanol–water partition coefficient (Wildman–Crippen LogP) is -4.20. The molecule has 26 nitrogen and oxygen atoms in total. The number of carboxylic acid groups (broad SMARTS) is 1. The van der Waals surface area contributed by atoms with Crippen LogP contribution < -0.4 is 15.4 Å². The van der Waals surface area contributed by atoms with Gasteiger partial charge in [0.05, 0.1) is 70.6 Å². The Kier molecular flexibility index (Phi) is 22.3. The summed E-state index contributed by atoms with van der Waals surface area (Å²) in [6.45, 7) is -3.38. The molecule has 12 atom stereocenters. The molecule has 2 aliphatic heterocycles. The van der Waals surface area contributed by atoms with E-state index in [1.165, 1.54) is 0 Å². The van der Waals surface area contributed by atoms with Crippen molar-refractivity contribution in [2.24, 2.45) is 0 Å². The van der Waals surface area contributed by atoms with Crippen LogP contribution in [0.5, 0.6) is 5.75 Å². The van der Waals surface area contributed by atoms with Gasteiger partial charge in [-0.2, -0.15) is 8.78 Å². The van der Waals surface area contributed by atoms with E-state index in [0.717, 1.165) is 0 Å². The van der Waals surface area contributed by atoms with Gasteiger partial charge in [0.1, 0.15) is 42.7 Å². The molecule has 1 aromatic carbocycles. The molecule has 3 rings (SSSR count). The Bertz CT molecular complexity index is 1870. The largest absolute Gasteiger partial charge is 0.480 e. The minimum atomic E-state index is -4.65. The average molecular weight is 1010 g/mol. The quantitative estimate of drug-likeness (QED) is 0.0104. The first kappa shape index (κ1) is 57.0. The number of halogens is 4. The van der Waals surface area contributed by atoms with Crippen LogP contribution in [0.15, 0.2) is 6.07 Å². The van der Waals surface area contributed by atoms with E-state index in [2.05, 4.69) is 10.1 Å². The number of esters is 1. The minimum Gasteiger partial charge on any atom is -0.480 e. The third kappa shape index (κ3) is 17.9. The van der Waals surface area contributed by atoms with Gasteiger partial charge in [-0.1, -0.05) is 0 Å². The zero-order chi connectivity index (χ0) is 49.7. The molecule has 66 heavy (non-hydrogen) atoms. The molecule has 2 amide bonds. The van der Waals surface area contributed by atoms with Crippen molar-refractivity contribution in [3.8, 4) is 5.75 Å². The summed E-state index contributed by atoms with van der Waals surface area (Å²) in [5.41, 5.74) is 0. The number of rotatable bonds is 26. The van der Waals surface area contributed by atoms with Crippen molar-refractivity contribution < 1.29 is 134 Å². The van der Waals surface area contributed by atoms with E-state index in [9.17, 15) is 101 Å². The van der Waals surface area contributed by atoms with Gasteiger partial charge in [0, 0.05) is 12.5 Å². The van der Waals surface area contributed by atoms with Gasteiger partial charge < -0.3 is 99.1 Å². The molecule has 0 aromatic heterocycles. The van der Waals surface area contributed by atoms with Crippen LogP contribution in [-0.4, -0.2) is 205 Å². The van der Waals surface area contributed by atoms with E-state index in [-0.39, 0.29) is 19.3 Å². The van der Waals surface area contributed by atoms with Crippen molar-refractivity contribution in [2.75, 3.05) is 52.0 Å². The third-order valence-electron chi connectivity index (χ3n) is 9.45. The number of carbonyl (C=O) groups excluding carboxylic acids is 3. The van der Waals surface area contributed by atoms with E-state index in [1.54, 1.807) is 0 Å². The first-order chi connectivity index (χ1) is 30.7. The molecule has 0 spiro atoms. The Labute approximate surface area is 370 Å². The number of carbonyl (C=O) groups is 4. The first-order valence-corrected chi connectivity index (χ1v) is 23.0. The van der Waals surface area contributed by atoms with Gasteiger partial charge in [0.2, 0.25) is 29.2 Å². The summed E-state index contributed by atoms with van der Waals surface area (Å²) in [4.78, 5) is 87.3. The minimum absolute atomic E-state index is 0.0853. The molecule has 7 unspecified atom stereocenters. The SMILES string of the molecule is O=C(CCOCCOCCC(=O)Oc1c(F)c(F)cc(F)c1F)N[C@@H](CO[C@H]1OC(CCP(=O)(O)O)[C@@H](O)[C@H](O)C1O)C(=O)N[C@@H](COC1OC(CCP(=O)(O)O)C(O)C(O)C1O)C(=O)O. The molecule has 0 saturated carbocycles. The topological polar surface area (TPSA) is 414 Å². The van der Waals surface area contributed by atoms with Crippen LogP contribution in [0.1, 0.15) is 25.7 Å². The van der Waals surface area contributed by atoms with Crippen LogP contribution >= 0.6 is 15.2 Å². The fourth-order valence-electron chi connectivity index (χ4n) is 5.90. The lowest BCUT2D eigenvalue weighted by Crippen LogP contribution is -2.60. The summed E-state index contributed by atoms with van der Waals surface area (Å²) in [7, 11) is -9.29. The molecule has 2 saturated heterocycles. The van der Waals surface area contributed by atoms with Crippen LogP contribution in [-0.2, 0) is 56.7 Å². The second kappa shape index (κ2) is 25.8. The molecule has 32 heteroatoms. The summed E-state index contributed by atoms with van der Waals surface area (Å²) in [5.74, 6) is -14.5. The monoisotopic (exact) mass is 1010 g/mol. The van der Waals surface area contributed by atoms with Crippen LogP contribution in [0.25, 0.3) is 0 Å². The van der Waals surface area contributed by atoms with E-state index in [0.29, 0.717) is 0 Å². The van der Waals surface area contributed by atoms with Crippen molar-refractivity contribution in [1.82, 2.24) is 10.6 Å². The summed E-state index contributed by atoms with van der Waals surface area (Å²) in [6, 6.07) is -4.06. The van der Waals surface area contributed by atoms with Gasteiger partial charge in [0.25, 0.3) is 0 Å². The number of aliphatic hydroxyl groups excluding tert-OH is 6. The van der Waals surface area contributed by atoms with E-state index in [4.69, 9.17) is 28.4 Å². The lowest BCUT2D eigenvalue weighted by atomic mass is 9.97. The van der Waals surface area contributed by atoms with Crippen molar-refractivity contribution >= 4 is 38.9 Å². The highest BCUT2D eigenvalue weighted by Gasteiger charge is 2.47. The van der Waals surface area contributed by atoms with Gasteiger partial charge in [-0.15, -0.1) is 0 Å². The van der Waals surface area contributed by atoms with E-state index in [1.807, 2.05) is 5.32 Å². The molecular weight excluding hydrogens is 958 g/mol. The number of aliphatic hydroxyl groups is 6. The number of ether oxygens (including phenoxy) is 7. The Morgan fingerprint density at radius 3 is 1.52 bits per heavy atom. The Hall–Kier alpha value is -3.36. The fourth-order valence-corrected chi connectivity index (χ4v) is 7.08. The normalized spacial score (nSPS) is 26.9. The predicted molar refractivity (Wildman–Crippen MR) is 203 cm³/mol. The molecule has 0 bridgehead atoms. The third-order valence-corrected chi connectivity index (χ3v) is 11.1. The Balaban J connectivity index is 1.61. The highest BCUT2D eigenvalue weighted by atomic mass is 31.2. The summed E-state index contributed by atoms with van der Waals surface area (Å²) in [5, 5.41) is 76.0. The van der Waals surface area contributed by atoms with Crippen LogP contribution in [0.3, 0.4) is 0 Å². The van der Waals surface area contributed by atoms with Gasteiger partial charge in [-0.3, -0.25) is 23.5 Å². The van der Waals surface area contributed by atoms with Crippen molar-refractivity contribution in [3.63, 3.8) is 0 Å². The standard InChI is InChI=1S/C34H50F4N2O24P2/c35-14-11-15(36)23(38)30(22(14)37)64-21(42)2-6-59-8-7-58-5-1-20(41)39-16(12-60-33-28(47)26(45)24(43)18(62-33)3-9-65(52,53)54)31(49)40-17(32(50)51)13-61-34-29(48)27(46)25(44)19(63-34)4-10-66(55,56)57/h11,16-19,24-29,33-34,43-48H,1-10,12-13H2,(H,39,41)(H,40,49)(H,50,51)(H2,52,53,54)(H2,55,56,57)/t16-,17-,18?,19?,24+,25?,26-,27?,28?,29?,33-,34?/m0/s1. The lowest BCUT2D eigenvalue weighted by Gasteiger charge is -2.41. The van der Waals surface area contributed by atoms with Crippen LogP contribution in [0, 0.1) is 23.3 Å². The fraction of sp³-hybridized carbons (Fsp3) is 0.706. The van der Waals surface area contributed by atoms with Crippen molar-refractivity contribution in [1.29, 1.82) is 0 Å². The average Bonchev–Trinajstić information content (AvgIpc) is 3.23. The maximum absolute atomic E-state index is 13.7. The maximum Gasteiger partial charge on any atom is 0.328 e. The van der Waals surface area contributed by atoms with Gasteiger partial charge in [0.15, 0.2) is 30.3 Å². The van der Waals surface area contributed by atoms with Crippen molar-refractivity contribution in [3.05, 3.63) is 29.3 Å². The zero-order valence-corrected chi connectivity index (χ0v) is 35.9. The van der Waals surface area contributed by atoms with Crippen molar-refractivity contribution in [2.45, 2.75) is 99.2 Å². The second-order valence-electron chi connectivity index (χ2n) is 14.6. The van der Waals surface area contributed by atoms with Gasteiger partial charge >= 0.3 is 27.1 Å². The number of amides is 2. The zero-order valence-electron chi connectivity index (χ0n) is 34.1. The molecular formula is C34H50F4N2O24P2. The lowest BCUT2D eigenvalue weighted by molar-refractivity contribution is -0.298. The van der Waals surface area contributed by atoms with E-state index < -0.39 is 206 Å². The first-order valence-electron chi connectivity index (χ1n) is 19.4. The molecule has 378 valence electrons. The van der Waals surface area contributed by atoms with Gasteiger partial charge in [-0.05, 0) is 12.8 Å². The summed E-state index contributed by atoms with van der Waals surface area (Å²) < 4.78 is 113. The molecule has 0 aliphatic carbocycles. The molecule has 13 N–H and O–H groups in total. The highest BCUT2D eigenvalue weighted by molar-refractivity contribution is 7.52. The van der Waals surface area contributed by atoms with Crippen LogP contribution in [0.2, 0.25) is 0 Å². The summed E-state index contributed by atoms with van der Waals surface area (Å²) >= 11 is 0. The number of benzene rings is 1. The maximum atomic E-state index is 13.7. The number of hydrogen-bond acceptors (Lipinski definition) is 19. The molecule has 2 aliphatic rings. The Morgan fingerprint density at radius 1 is 0.636 bits per heavy atom. The molecule has 0 radical (unpaired) electrons. The smallest absolute Gasteiger partial charge is 0.328 e. The number of carboxylic acids is 1. The summed E-state index contributed by atoms with van der Waals surface area (Å²) in [6.07, 6.45) is -22.7. The molecule has 2 heterocycles. The van der Waals surface area contributed by atoms with Gasteiger partial charge in [-0.25, -0.2) is 13.6 Å². The molecule has 2 fully saturated rings. The number of aliphatic carboxylic acids is 1. The van der Waals surface area contributed by atoms with E-state index >= 15 is 0 Å². The Morgan fingerprint density at radius 2 is 1.08 bits per heavy atom. The highest BCUT2D eigenvalue weighted by Crippen LogP contribution is 2.38. The number of nitrogens with one attached hydrogen (secondary N) is 2.